The minimum Gasteiger partial charge on any atom is -0.491 e. The Morgan fingerprint density at radius 2 is 1.89 bits per heavy atom. The smallest absolute Gasteiger partial charge is 0.271 e. The van der Waals surface area contributed by atoms with E-state index in [-0.39, 0.29) is 18.6 Å². The van der Waals surface area contributed by atoms with E-state index in [1.807, 2.05) is 63.2 Å². The van der Waals surface area contributed by atoms with Crippen LogP contribution in [0.3, 0.4) is 0 Å². The van der Waals surface area contributed by atoms with Gasteiger partial charge >= 0.3 is 0 Å². The predicted molar refractivity (Wildman–Crippen MR) is 108 cm³/mol. The summed E-state index contributed by atoms with van der Waals surface area (Å²) in [5.74, 6) is 0.363. The van der Waals surface area contributed by atoms with E-state index in [2.05, 4.69) is 10.4 Å². The maximum Gasteiger partial charge on any atom is 0.271 e. The monoisotopic (exact) mass is 379 g/mol. The molecule has 0 radical (unpaired) electrons. The number of carbonyl (C=O) groups is 1. The molecule has 146 valence electrons. The van der Waals surface area contributed by atoms with Crippen molar-refractivity contribution in [2.75, 3.05) is 6.54 Å². The molecule has 6 heteroatoms. The Morgan fingerprint density at radius 1 is 1.14 bits per heavy atom. The molecule has 2 N–H and O–H groups in total. The van der Waals surface area contributed by atoms with Crippen molar-refractivity contribution >= 4 is 5.91 Å². The van der Waals surface area contributed by atoms with E-state index in [1.165, 1.54) is 0 Å². The van der Waals surface area contributed by atoms with Crippen molar-refractivity contribution in [2.24, 2.45) is 0 Å². The van der Waals surface area contributed by atoms with Crippen molar-refractivity contribution in [3.05, 3.63) is 77.6 Å². The van der Waals surface area contributed by atoms with Crippen LogP contribution in [0.5, 0.6) is 5.75 Å². The van der Waals surface area contributed by atoms with Crippen LogP contribution in [0.1, 0.15) is 41.7 Å². The van der Waals surface area contributed by atoms with Gasteiger partial charge in [0.1, 0.15) is 5.75 Å². The van der Waals surface area contributed by atoms with E-state index in [1.54, 1.807) is 22.9 Å². The lowest BCUT2D eigenvalue weighted by Crippen LogP contribution is -2.28. The summed E-state index contributed by atoms with van der Waals surface area (Å²) in [5.41, 5.74) is 2.74. The van der Waals surface area contributed by atoms with Gasteiger partial charge in [0.2, 0.25) is 0 Å². The summed E-state index contributed by atoms with van der Waals surface area (Å²) >= 11 is 0. The van der Waals surface area contributed by atoms with Gasteiger partial charge in [-0.25, -0.2) is 4.68 Å². The van der Waals surface area contributed by atoms with E-state index in [9.17, 15) is 9.90 Å². The predicted octanol–water partition coefficient (Wildman–Crippen LogP) is 3.43. The number of ether oxygens (including phenoxy) is 1. The van der Waals surface area contributed by atoms with Crippen LogP contribution in [-0.4, -0.2) is 33.4 Å². The van der Waals surface area contributed by atoms with Crippen LogP contribution >= 0.6 is 0 Å². The number of aliphatic hydroxyl groups is 1. The molecule has 0 spiro atoms. The lowest BCUT2D eigenvalue weighted by atomic mass is 10.1. The number of carbonyl (C=O) groups excluding carboxylic acids is 1. The molecule has 3 aromatic rings. The van der Waals surface area contributed by atoms with Gasteiger partial charge in [0.15, 0.2) is 5.69 Å². The van der Waals surface area contributed by atoms with Gasteiger partial charge < -0.3 is 15.2 Å². The Labute approximate surface area is 164 Å². The molecule has 0 bridgehead atoms. The molecule has 1 heterocycles. The summed E-state index contributed by atoms with van der Waals surface area (Å²) in [6.45, 7) is 5.87. The van der Waals surface area contributed by atoms with Gasteiger partial charge in [-0.1, -0.05) is 30.3 Å². The molecule has 1 unspecified atom stereocenters. The van der Waals surface area contributed by atoms with Gasteiger partial charge in [-0.05, 0) is 56.7 Å². The van der Waals surface area contributed by atoms with Gasteiger partial charge in [-0.3, -0.25) is 4.79 Å². The fraction of sp³-hybridized carbons (Fsp3) is 0.273. The molecule has 1 aromatic heterocycles. The SMILES string of the molecule is Cc1cc(C(=O)NCC(O)c2cccc(OC(C)C)c2)nn1-c1ccccc1. The van der Waals surface area contributed by atoms with Crippen molar-refractivity contribution in [3.8, 4) is 11.4 Å². The zero-order valence-corrected chi connectivity index (χ0v) is 16.3. The molecular formula is C22H25N3O3. The van der Waals surface area contributed by atoms with E-state index < -0.39 is 6.10 Å². The number of aryl methyl sites for hydroxylation is 1. The molecule has 0 aliphatic carbocycles. The highest BCUT2D eigenvalue weighted by atomic mass is 16.5. The largest absolute Gasteiger partial charge is 0.491 e. The summed E-state index contributed by atoms with van der Waals surface area (Å²) in [7, 11) is 0. The van der Waals surface area contributed by atoms with Crippen LogP contribution in [0.15, 0.2) is 60.7 Å². The topological polar surface area (TPSA) is 76.4 Å². The highest BCUT2D eigenvalue weighted by molar-refractivity contribution is 5.92. The first-order valence-electron chi connectivity index (χ1n) is 9.29. The molecule has 0 fully saturated rings. The summed E-state index contributed by atoms with van der Waals surface area (Å²) in [5, 5.41) is 17.5. The third-order valence-electron chi connectivity index (χ3n) is 4.19. The summed E-state index contributed by atoms with van der Waals surface area (Å²) in [4.78, 5) is 12.5. The number of hydrogen-bond donors (Lipinski definition) is 2. The number of aliphatic hydroxyl groups excluding tert-OH is 1. The van der Waals surface area contributed by atoms with Crippen LogP contribution < -0.4 is 10.1 Å². The molecule has 2 aromatic carbocycles. The quantitative estimate of drug-likeness (QED) is 0.659. The summed E-state index contributed by atoms with van der Waals surface area (Å²) in [6.07, 6.45) is -0.785. The minimum atomic E-state index is -0.836. The summed E-state index contributed by atoms with van der Waals surface area (Å²) < 4.78 is 7.37. The molecule has 3 rings (SSSR count). The molecule has 28 heavy (non-hydrogen) atoms. The first-order chi connectivity index (χ1) is 13.4. The first kappa shape index (κ1) is 19.6. The van der Waals surface area contributed by atoms with Gasteiger partial charge in [-0.2, -0.15) is 5.10 Å². The van der Waals surface area contributed by atoms with E-state index in [0.717, 1.165) is 11.4 Å². The number of nitrogens with zero attached hydrogens (tertiary/aromatic N) is 2. The first-order valence-corrected chi connectivity index (χ1v) is 9.29. The van der Waals surface area contributed by atoms with Crippen molar-refractivity contribution in [1.82, 2.24) is 15.1 Å². The average molecular weight is 379 g/mol. The standard InChI is InChI=1S/C22H25N3O3/c1-15(2)28-19-11-7-8-17(13-19)21(26)14-23-22(27)20-12-16(3)25(24-20)18-9-5-4-6-10-18/h4-13,15,21,26H,14H2,1-3H3,(H,23,27). The Balaban J connectivity index is 1.64. The van der Waals surface area contributed by atoms with Crippen molar-refractivity contribution in [3.63, 3.8) is 0 Å². The second-order valence-corrected chi connectivity index (χ2v) is 6.88. The normalized spacial score (nSPS) is 12.0. The Bertz CT molecular complexity index is 935. The van der Waals surface area contributed by atoms with Crippen LogP contribution in [-0.2, 0) is 0 Å². The van der Waals surface area contributed by atoms with Crippen LogP contribution in [0.25, 0.3) is 5.69 Å². The number of benzene rings is 2. The molecule has 1 amide bonds. The highest BCUT2D eigenvalue weighted by Gasteiger charge is 2.16. The maximum absolute atomic E-state index is 12.5. The number of nitrogens with one attached hydrogen (secondary N) is 1. The third kappa shape index (κ3) is 4.78. The van der Waals surface area contributed by atoms with Gasteiger partial charge in [0.25, 0.3) is 5.91 Å². The molecule has 0 aliphatic heterocycles. The number of hydrogen-bond acceptors (Lipinski definition) is 4. The molecule has 1 atom stereocenters. The van der Waals surface area contributed by atoms with Gasteiger partial charge in [-0.15, -0.1) is 0 Å². The van der Waals surface area contributed by atoms with Crippen LogP contribution in [0.2, 0.25) is 0 Å². The van der Waals surface area contributed by atoms with E-state index >= 15 is 0 Å². The van der Waals surface area contributed by atoms with E-state index in [4.69, 9.17) is 4.74 Å². The van der Waals surface area contributed by atoms with Crippen molar-refractivity contribution in [2.45, 2.75) is 33.0 Å². The van der Waals surface area contributed by atoms with Crippen molar-refractivity contribution < 1.29 is 14.6 Å². The number of aromatic nitrogens is 2. The maximum atomic E-state index is 12.5. The third-order valence-corrected chi connectivity index (χ3v) is 4.19. The van der Waals surface area contributed by atoms with E-state index in [0.29, 0.717) is 17.0 Å². The fourth-order valence-corrected chi connectivity index (χ4v) is 2.88. The fourth-order valence-electron chi connectivity index (χ4n) is 2.88. The van der Waals surface area contributed by atoms with Crippen LogP contribution in [0, 0.1) is 6.92 Å². The second-order valence-electron chi connectivity index (χ2n) is 6.88. The Morgan fingerprint density at radius 3 is 2.61 bits per heavy atom. The highest BCUT2D eigenvalue weighted by Crippen LogP contribution is 2.20. The molecule has 0 saturated carbocycles. The Kier molecular flexibility index (Phi) is 6.11. The number of amides is 1. The van der Waals surface area contributed by atoms with Gasteiger partial charge in [0, 0.05) is 12.2 Å². The van der Waals surface area contributed by atoms with Crippen molar-refractivity contribution in [1.29, 1.82) is 0 Å². The van der Waals surface area contributed by atoms with Gasteiger partial charge in [0.05, 0.1) is 17.9 Å². The zero-order chi connectivity index (χ0) is 20.1. The average Bonchev–Trinajstić information content (AvgIpc) is 3.08. The molecule has 0 saturated heterocycles. The number of para-hydroxylation sites is 1. The lowest BCUT2D eigenvalue weighted by molar-refractivity contribution is 0.0911. The van der Waals surface area contributed by atoms with Crippen LogP contribution in [0.4, 0.5) is 0 Å². The molecule has 0 aliphatic rings. The molecular weight excluding hydrogens is 354 g/mol. The lowest BCUT2D eigenvalue weighted by Gasteiger charge is -2.14. The summed E-state index contributed by atoms with van der Waals surface area (Å²) in [6, 6.07) is 18.6. The second kappa shape index (κ2) is 8.71. The number of rotatable bonds is 7. The minimum absolute atomic E-state index is 0.0510. The zero-order valence-electron chi connectivity index (χ0n) is 16.3. The Hall–Kier alpha value is -3.12. The molecule has 6 nitrogen and oxygen atoms in total.